The highest BCUT2D eigenvalue weighted by Gasteiger charge is 1.90. The van der Waals surface area contributed by atoms with Crippen molar-refractivity contribution in [1.29, 1.82) is 0 Å². The van der Waals surface area contributed by atoms with Gasteiger partial charge in [0.25, 0.3) is 0 Å². The molecule has 0 heterocycles. The van der Waals surface area contributed by atoms with Crippen molar-refractivity contribution in [2.75, 3.05) is 13.2 Å². The number of hydrogen-bond donors (Lipinski definition) is 0. The summed E-state index contributed by atoms with van der Waals surface area (Å²) in [5.74, 6) is -0.310. The highest BCUT2D eigenvalue weighted by Crippen LogP contribution is 1.83. The molecule has 0 saturated heterocycles. The van der Waals surface area contributed by atoms with E-state index in [1.807, 2.05) is 0 Å². The van der Waals surface area contributed by atoms with Crippen molar-refractivity contribution in [3.8, 4) is 0 Å². The zero-order chi connectivity index (χ0) is 7.82. The highest BCUT2D eigenvalue weighted by molar-refractivity contribution is 5.65. The summed E-state index contributed by atoms with van der Waals surface area (Å²) in [5, 5.41) is 0. The van der Waals surface area contributed by atoms with Crippen LogP contribution in [-0.4, -0.2) is 25.2 Å². The average Bonchev–Trinajstić information content (AvgIpc) is 1.87. The predicted octanol–water partition coefficient (Wildman–Crippen LogP) is 0.275. The number of nitrogens with zero attached hydrogens (tertiary/aromatic N) is 1. The molecule has 4 nitrogen and oxygen atoms in total. The van der Waals surface area contributed by atoms with Gasteiger partial charge < -0.3 is 4.74 Å². The van der Waals surface area contributed by atoms with Crippen molar-refractivity contribution in [1.82, 2.24) is 0 Å². The summed E-state index contributed by atoms with van der Waals surface area (Å²) in [6, 6.07) is 0. The van der Waals surface area contributed by atoms with Crippen LogP contribution >= 0.6 is 0 Å². The molecule has 0 unspecified atom stereocenters. The number of ether oxygens (including phenoxy) is 1. The molecule has 0 spiro atoms. The zero-order valence-electron chi connectivity index (χ0n) is 5.79. The predicted molar refractivity (Wildman–Crippen MR) is 34.2 cm³/mol. The molecule has 0 aliphatic heterocycles. The van der Waals surface area contributed by atoms with Gasteiger partial charge in [0.2, 0.25) is 6.08 Å². The van der Waals surface area contributed by atoms with Gasteiger partial charge in [-0.1, -0.05) is 0 Å². The van der Waals surface area contributed by atoms with Gasteiger partial charge in [-0.05, 0) is 0 Å². The van der Waals surface area contributed by atoms with Gasteiger partial charge in [-0.2, -0.15) is 0 Å². The van der Waals surface area contributed by atoms with Gasteiger partial charge in [0.05, 0.1) is 13.2 Å². The van der Waals surface area contributed by atoms with E-state index in [0.29, 0.717) is 19.6 Å². The molecule has 0 atom stereocenters. The maximum Gasteiger partial charge on any atom is 0.302 e. The Morgan fingerprint density at radius 3 is 2.90 bits per heavy atom. The Morgan fingerprint density at radius 2 is 2.40 bits per heavy atom. The quantitative estimate of drug-likeness (QED) is 0.246. The third kappa shape index (κ3) is 6.85. The standard InChI is InChI=1S/C6H9NO3/c1-6(9)10-4-2-3-7-5-8/h2-4H2,1H3. The van der Waals surface area contributed by atoms with Crippen LogP contribution in [0.15, 0.2) is 4.99 Å². The van der Waals surface area contributed by atoms with Gasteiger partial charge in [-0.15, -0.1) is 0 Å². The number of aliphatic imine (C=N–C) groups is 1. The van der Waals surface area contributed by atoms with Gasteiger partial charge in [-0.25, -0.2) is 9.79 Å². The Morgan fingerprint density at radius 1 is 1.70 bits per heavy atom. The third-order valence-electron chi connectivity index (χ3n) is 0.784. The van der Waals surface area contributed by atoms with E-state index >= 15 is 0 Å². The molecule has 0 N–H and O–H groups in total. The summed E-state index contributed by atoms with van der Waals surface area (Å²) < 4.78 is 4.56. The lowest BCUT2D eigenvalue weighted by Crippen LogP contribution is -2.01. The van der Waals surface area contributed by atoms with E-state index < -0.39 is 0 Å². The summed E-state index contributed by atoms with van der Waals surface area (Å²) in [7, 11) is 0. The summed E-state index contributed by atoms with van der Waals surface area (Å²) >= 11 is 0. The van der Waals surface area contributed by atoms with Crippen LogP contribution in [0.2, 0.25) is 0 Å². The molecule has 0 radical (unpaired) electrons. The fourth-order valence-electron chi connectivity index (χ4n) is 0.405. The molecule has 56 valence electrons. The molecule has 0 saturated carbocycles. The Labute approximate surface area is 58.9 Å². The second-order valence-corrected chi connectivity index (χ2v) is 1.67. The van der Waals surface area contributed by atoms with Crippen LogP contribution in [0, 0.1) is 0 Å². The van der Waals surface area contributed by atoms with Crippen LogP contribution in [-0.2, 0) is 14.3 Å². The maximum absolute atomic E-state index is 10.1. The first-order valence-electron chi connectivity index (χ1n) is 2.94. The van der Waals surface area contributed by atoms with Crippen LogP contribution in [0.1, 0.15) is 13.3 Å². The molecule has 0 amide bonds. The summed E-state index contributed by atoms with van der Waals surface area (Å²) in [5.41, 5.74) is 0. The van der Waals surface area contributed by atoms with Crippen molar-refractivity contribution in [3.05, 3.63) is 0 Å². The van der Waals surface area contributed by atoms with Crippen molar-refractivity contribution in [2.45, 2.75) is 13.3 Å². The minimum Gasteiger partial charge on any atom is -0.466 e. The molecule has 0 aliphatic rings. The van der Waals surface area contributed by atoms with E-state index in [-0.39, 0.29) is 5.97 Å². The number of carbonyl (C=O) groups excluding carboxylic acids is 2. The normalized spacial score (nSPS) is 8.10. The van der Waals surface area contributed by atoms with Crippen molar-refractivity contribution < 1.29 is 14.3 Å². The molecule has 4 heteroatoms. The van der Waals surface area contributed by atoms with Crippen LogP contribution in [0.3, 0.4) is 0 Å². The number of hydrogen-bond acceptors (Lipinski definition) is 4. The highest BCUT2D eigenvalue weighted by atomic mass is 16.5. The molecule has 0 aromatic rings. The topological polar surface area (TPSA) is 55.7 Å². The number of carbonyl (C=O) groups is 1. The van der Waals surface area contributed by atoms with Gasteiger partial charge in [0.1, 0.15) is 0 Å². The summed E-state index contributed by atoms with van der Waals surface area (Å²) in [4.78, 5) is 22.9. The molecule has 10 heavy (non-hydrogen) atoms. The minimum atomic E-state index is -0.310. The Bertz CT molecular complexity index is 145. The number of esters is 1. The SMILES string of the molecule is CC(=O)OCCCN=C=O. The Kier molecular flexibility index (Phi) is 5.29. The van der Waals surface area contributed by atoms with Gasteiger partial charge in [0, 0.05) is 13.3 Å². The molecule has 0 aromatic carbocycles. The van der Waals surface area contributed by atoms with Crippen LogP contribution in [0.25, 0.3) is 0 Å². The molecular formula is C6H9NO3. The molecule has 0 rings (SSSR count). The lowest BCUT2D eigenvalue weighted by Gasteiger charge is -1.96. The molecule has 0 aromatic heterocycles. The first-order valence-corrected chi connectivity index (χ1v) is 2.94. The first kappa shape index (κ1) is 8.85. The Hall–Kier alpha value is -1.15. The van der Waals surface area contributed by atoms with Crippen LogP contribution in [0.4, 0.5) is 0 Å². The smallest absolute Gasteiger partial charge is 0.302 e. The van der Waals surface area contributed by atoms with Gasteiger partial charge in [-0.3, -0.25) is 4.79 Å². The monoisotopic (exact) mass is 143 g/mol. The lowest BCUT2D eigenvalue weighted by atomic mass is 10.5. The van der Waals surface area contributed by atoms with E-state index in [0.717, 1.165) is 0 Å². The van der Waals surface area contributed by atoms with E-state index in [1.165, 1.54) is 13.0 Å². The van der Waals surface area contributed by atoms with Gasteiger partial charge >= 0.3 is 5.97 Å². The average molecular weight is 143 g/mol. The molecule has 0 fully saturated rings. The third-order valence-corrected chi connectivity index (χ3v) is 0.784. The van der Waals surface area contributed by atoms with Crippen molar-refractivity contribution >= 4 is 12.0 Å². The largest absolute Gasteiger partial charge is 0.466 e. The van der Waals surface area contributed by atoms with Crippen molar-refractivity contribution in [3.63, 3.8) is 0 Å². The number of isocyanates is 1. The zero-order valence-corrected chi connectivity index (χ0v) is 5.79. The maximum atomic E-state index is 10.1. The number of rotatable bonds is 4. The van der Waals surface area contributed by atoms with Crippen molar-refractivity contribution in [2.24, 2.45) is 4.99 Å². The summed E-state index contributed by atoms with van der Waals surface area (Å²) in [6.45, 7) is 2.03. The second kappa shape index (κ2) is 5.98. The lowest BCUT2D eigenvalue weighted by molar-refractivity contribution is -0.140. The van der Waals surface area contributed by atoms with E-state index in [4.69, 9.17) is 0 Å². The fraction of sp³-hybridized carbons (Fsp3) is 0.667. The first-order chi connectivity index (χ1) is 4.77. The van der Waals surface area contributed by atoms with Crippen LogP contribution in [0.5, 0.6) is 0 Å². The van der Waals surface area contributed by atoms with E-state index in [1.54, 1.807) is 0 Å². The second-order valence-electron chi connectivity index (χ2n) is 1.67. The molecular weight excluding hydrogens is 134 g/mol. The molecule has 0 aliphatic carbocycles. The fourth-order valence-corrected chi connectivity index (χ4v) is 0.405. The van der Waals surface area contributed by atoms with E-state index in [2.05, 4.69) is 9.73 Å². The Balaban J connectivity index is 3.05. The van der Waals surface area contributed by atoms with Gasteiger partial charge in [0.15, 0.2) is 0 Å². The molecule has 0 bridgehead atoms. The van der Waals surface area contributed by atoms with E-state index in [9.17, 15) is 9.59 Å². The van der Waals surface area contributed by atoms with Crippen LogP contribution < -0.4 is 0 Å². The summed E-state index contributed by atoms with van der Waals surface area (Å²) in [6.07, 6.45) is 1.97. The minimum absolute atomic E-state index is 0.310.